The van der Waals surface area contributed by atoms with E-state index < -0.39 is 36.3 Å². The molecule has 0 spiro atoms. The quantitative estimate of drug-likeness (QED) is 0.0863. The SMILES string of the molecule is C=CS/C(=N\C)[C@H](Cc1ccccc1)NC(=O)[C@H](C)[C@@H](OC)[C@@H]1CCCN1C(=O)C[C@@H](OC)[C@H]([C@@H](C)CC)N(C)C(=O)[C@@H](NC(=O)[C@H](C(C)C)N(C)Cc1ccnc(N)c1)C(C)C. The van der Waals surface area contributed by atoms with Crippen molar-refractivity contribution in [3.63, 3.8) is 0 Å². The molecule has 4 N–H and O–H groups in total. The minimum Gasteiger partial charge on any atom is -0.384 e. The number of benzene rings is 1. The number of thioether (sulfide) groups is 1. The number of carbonyl (C=O) groups is 4. The first kappa shape index (κ1) is 53.0. The van der Waals surface area contributed by atoms with Gasteiger partial charge in [-0.1, -0.05) is 104 Å². The molecule has 0 saturated carbocycles. The number of nitrogens with two attached hydrogens (primary N) is 1. The van der Waals surface area contributed by atoms with Crippen molar-refractivity contribution >= 4 is 46.3 Å². The molecule has 9 atom stereocenters. The normalized spacial score (nSPS) is 18.3. The van der Waals surface area contributed by atoms with E-state index in [1.807, 2.05) is 94.8 Å². The number of hydrogen-bond acceptors (Lipinski definition) is 11. The number of aliphatic imine (C=N–C) groups is 1. The molecule has 63 heavy (non-hydrogen) atoms. The van der Waals surface area contributed by atoms with Crippen LogP contribution in [0.2, 0.25) is 0 Å². The molecule has 1 aliphatic rings. The summed E-state index contributed by atoms with van der Waals surface area (Å²) in [5.74, 6) is -1.35. The van der Waals surface area contributed by atoms with E-state index in [-0.39, 0.29) is 59.9 Å². The molecule has 2 heterocycles. The van der Waals surface area contributed by atoms with Gasteiger partial charge in [0.25, 0.3) is 0 Å². The number of aromatic nitrogens is 1. The Morgan fingerprint density at radius 1 is 1.00 bits per heavy atom. The predicted molar refractivity (Wildman–Crippen MR) is 255 cm³/mol. The molecule has 0 radical (unpaired) electrons. The number of ether oxygens (including phenoxy) is 2. The third-order valence-electron chi connectivity index (χ3n) is 12.5. The van der Waals surface area contributed by atoms with Gasteiger partial charge in [0.2, 0.25) is 23.6 Å². The Morgan fingerprint density at radius 2 is 1.68 bits per heavy atom. The van der Waals surface area contributed by atoms with E-state index in [0.717, 1.165) is 29.0 Å². The third kappa shape index (κ3) is 14.6. The summed E-state index contributed by atoms with van der Waals surface area (Å²) in [5.41, 5.74) is 7.91. The summed E-state index contributed by atoms with van der Waals surface area (Å²) in [4.78, 5) is 71.2. The highest BCUT2D eigenvalue weighted by Crippen LogP contribution is 2.30. The Kier molecular flexibility index (Phi) is 21.8. The van der Waals surface area contributed by atoms with Gasteiger partial charge >= 0.3 is 0 Å². The van der Waals surface area contributed by atoms with Crippen LogP contribution in [0.25, 0.3) is 0 Å². The molecule has 350 valence electrons. The standard InChI is InChI=1S/C48H76N8O6S/c1-14-32(7)43(55(11)48(60)41(30(3)4)53-46(59)42(31(5)6)54(10)29-35-23-24-51-39(49)27-35)38(61-12)28-40(57)56-25-19-22-37(56)44(62-13)33(8)45(58)52-36(47(50-9)63-15-2)26-34-20-17-16-18-21-34/h15-18,20-21,23-24,27,30-33,36-38,41-44H,2,14,19,22,25-26,28-29H2,1,3-13H3,(H2,49,51)(H,52,58)(H,53,59)/b50-47-/t32-,33+,36-,37-,38+,41-,42-,43-,44+/m0/s1. The molecule has 15 heteroatoms. The molecular formula is C48H76N8O6S. The van der Waals surface area contributed by atoms with Crippen molar-refractivity contribution in [1.29, 1.82) is 0 Å². The van der Waals surface area contributed by atoms with Gasteiger partial charge in [-0.2, -0.15) is 0 Å². The van der Waals surface area contributed by atoms with Crippen molar-refractivity contribution < 1.29 is 28.7 Å². The van der Waals surface area contributed by atoms with E-state index in [9.17, 15) is 19.2 Å². The average Bonchev–Trinajstić information content (AvgIpc) is 3.73. The first-order valence-corrected chi connectivity index (χ1v) is 23.2. The van der Waals surface area contributed by atoms with Crippen LogP contribution >= 0.6 is 11.8 Å². The van der Waals surface area contributed by atoms with Gasteiger partial charge in [0, 0.05) is 47.6 Å². The maximum atomic E-state index is 14.6. The molecular weight excluding hydrogens is 817 g/mol. The summed E-state index contributed by atoms with van der Waals surface area (Å²) < 4.78 is 12.2. The zero-order valence-corrected chi connectivity index (χ0v) is 40.7. The van der Waals surface area contributed by atoms with Crippen molar-refractivity contribution in [2.45, 2.75) is 130 Å². The van der Waals surface area contributed by atoms with Crippen molar-refractivity contribution in [2.24, 2.45) is 28.7 Å². The van der Waals surface area contributed by atoms with Crippen LogP contribution in [0.5, 0.6) is 0 Å². The second kappa shape index (κ2) is 25.8. The molecule has 0 aliphatic carbocycles. The molecule has 1 aliphatic heterocycles. The maximum Gasteiger partial charge on any atom is 0.245 e. The third-order valence-corrected chi connectivity index (χ3v) is 13.3. The summed E-state index contributed by atoms with van der Waals surface area (Å²) in [6.07, 6.45) is 3.14. The molecule has 0 bridgehead atoms. The highest BCUT2D eigenvalue weighted by atomic mass is 32.2. The number of anilines is 1. The highest BCUT2D eigenvalue weighted by molar-refractivity contribution is 8.16. The van der Waals surface area contributed by atoms with Crippen LogP contribution in [0.1, 0.15) is 85.3 Å². The van der Waals surface area contributed by atoms with Crippen LogP contribution in [0.15, 0.2) is 65.6 Å². The number of hydrogen-bond donors (Lipinski definition) is 3. The van der Waals surface area contributed by atoms with Crippen LogP contribution in [0, 0.1) is 23.7 Å². The number of methoxy groups -OCH3 is 2. The van der Waals surface area contributed by atoms with Gasteiger partial charge in [-0.15, -0.1) is 0 Å². The summed E-state index contributed by atoms with van der Waals surface area (Å²) in [6, 6.07) is 11.0. The Morgan fingerprint density at radius 3 is 2.24 bits per heavy atom. The lowest BCUT2D eigenvalue weighted by atomic mass is 9.89. The van der Waals surface area contributed by atoms with Gasteiger partial charge in [-0.3, -0.25) is 29.1 Å². The van der Waals surface area contributed by atoms with Crippen molar-refractivity contribution in [3.8, 4) is 0 Å². The molecule has 1 aromatic carbocycles. The number of carbonyl (C=O) groups excluding carboxylic acids is 4. The summed E-state index contributed by atoms with van der Waals surface area (Å²) in [7, 11) is 8.49. The van der Waals surface area contributed by atoms with Crippen molar-refractivity contribution in [1.82, 2.24) is 30.3 Å². The molecule has 3 rings (SSSR count). The lowest BCUT2D eigenvalue weighted by molar-refractivity contribution is -0.148. The van der Waals surface area contributed by atoms with Gasteiger partial charge in [0.1, 0.15) is 11.9 Å². The van der Waals surface area contributed by atoms with Crippen molar-refractivity contribution in [3.05, 3.63) is 71.8 Å². The molecule has 2 aromatic rings. The number of rotatable bonds is 24. The predicted octanol–water partition coefficient (Wildman–Crippen LogP) is 5.81. The van der Waals surface area contributed by atoms with Crippen LogP contribution in [0.4, 0.5) is 5.82 Å². The molecule has 1 saturated heterocycles. The number of likely N-dealkylation sites (N-methyl/N-ethyl adjacent to an activating group) is 2. The summed E-state index contributed by atoms with van der Waals surface area (Å²) in [6.45, 7) is 18.6. The maximum absolute atomic E-state index is 14.6. The number of likely N-dealkylation sites (tertiary alicyclic amines) is 1. The minimum atomic E-state index is -0.825. The number of nitrogen functional groups attached to an aromatic ring is 1. The Hall–Kier alpha value is -4.31. The molecule has 14 nitrogen and oxygen atoms in total. The summed E-state index contributed by atoms with van der Waals surface area (Å²) in [5, 5.41) is 8.78. The number of amides is 4. The zero-order chi connectivity index (χ0) is 47.0. The number of nitrogens with zero attached hydrogens (tertiary/aromatic N) is 5. The largest absolute Gasteiger partial charge is 0.384 e. The van der Waals surface area contributed by atoms with E-state index in [2.05, 4.69) is 34.1 Å². The van der Waals surface area contributed by atoms with Crippen LogP contribution < -0.4 is 16.4 Å². The molecule has 4 amide bonds. The lowest BCUT2D eigenvalue weighted by Gasteiger charge is -2.41. The zero-order valence-electron chi connectivity index (χ0n) is 39.9. The van der Waals surface area contributed by atoms with E-state index >= 15 is 0 Å². The fraction of sp³-hybridized carbons (Fsp3) is 0.625. The lowest BCUT2D eigenvalue weighted by Crippen LogP contribution is -2.60. The van der Waals surface area contributed by atoms with Gasteiger partial charge in [0.15, 0.2) is 0 Å². The van der Waals surface area contributed by atoms with E-state index in [0.29, 0.717) is 31.7 Å². The van der Waals surface area contributed by atoms with Gasteiger partial charge < -0.3 is 35.6 Å². The Bertz CT molecular complexity index is 1810. The number of pyridine rings is 1. The second-order valence-corrected chi connectivity index (χ2v) is 18.6. The first-order valence-electron chi connectivity index (χ1n) is 22.3. The second-order valence-electron chi connectivity index (χ2n) is 17.6. The average molecular weight is 893 g/mol. The van der Waals surface area contributed by atoms with E-state index in [1.54, 1.807) is 50.9 Å². The number of nitrogens with one attached hydrogen (secondary N) is 2. The topological polar surface area (TPSA) is 172 Å². The van der Waals surface area contributed by atoms with Crippen LogP contribution in [0.3, 0.4) is 0 Å². The molecule has 1 aromatic heterocycles. The molecule has 0 unspecified atom stereocenters. The smallest absolute Gasteiger partial charge is 0.245 e. The monoisotopic (exact) mass is 893 g/mol. The van der Waals surface area contributed by atoms with Crippen LogP contribution in [-0.2, 0) is 41.6 Å². The highest BCUT2D eigenvalue weighted by Gasteiger charge is 2.43. The molecule has 1 fully saturated rings. The van der Waals surface area contributed by atoms with E-state index in [4.69, 9.17) is 15.2 Å². The van der Waals surface area contributed by atoms with Gasteiger partial charge in [0.05, 0.1) is 53.8 Å². The Labute approximate surface area is 381 Å². The first-order chi connectivity index (χ1) is 29.9. The minimum absolute atomic E-state index is 0.0172. The van der Waals surface area contributed by atoms with Crippen LogP contribution in [-0.4, -0.2) is 133 Å². The Balaban J connectivity index is 1.81. The fourth-order valence-corrected chi connectivity index (χ4v) is 9.58. The van der Waals surface area contributed by atoms with Gasteiger partial charge in [-0.05, 0) is 72.7 Å². The van der Waals surface area contributed by atoms with E-state index in [1.165, 1.54) is 11.8 Å². The summed E-state index contributed by atoms with van der Waals surface area (Å²) >= 11 is 1.38. The van der Waals surface area contributed by atoms with Crippen molar-refractivity contribution in [2.75, 3.05) is 47.6 Å². The van der Waals surface area contributed by atoms with Gasteiger partial charge in [-0.25, -0.2) is 4.98 Å². The fourth-order valence-electron chi connectivity index (χ4n) is 9.00.